The van der Waals surface area contributed by atoms with Crippen molar-refractivity contribution in [2.24, 2.45) is 5.10 Å². The van der Waals surface area contributed by atoms with E-state index in [1.165, 1.54) is 6.21 Å². The molecule has 0 heterocycles. The molecule has 9 heteroatoms. The van der Waals surface area contributed by atoms with Gasteiger partial charge in [0.2, 0.25) is 0 Å². The van der Waals surface area contributed by atoms with Crippen molar-refractivity contribution >= 4 is 62.3 Å². The minimum atomic E-state index is -0.559. The van der Waals surface area contributed by atoms with Gasteiger partial charge in [-0.3, -0.25) is 9.59 Å². The Bertz CT molecular complexity index is 1470. The van der Waals surface area contributed by atoms with E-state index in [4.69, 9.17) is 16.3 Å². The van der Waals surface area contributed by atoms with Crippen LogP contribution in [0.3, 0.4) is 0 Å². The molecule has 2 amide bonds. The summed E-state index contributed by atoms with van der Waals surface area (Å²) in [6.07, 6.45) is 1.40. The third-order valence-electron chi connectivity index (χ3n) is 5.09. The molecule has 0 aliphatic rings. The summed E-state index contributed by atoms with van der Waals surface area (Å²) in [5.41, 5.74) is 3.65. The summed E-state index contributed by atoms with van der Waals surface area (Å²) in [7, 11) is 0. The molecule has 4 aromatic carbocycles. The normalized spacial score (nSPS) is 10.8. The van der Waals surface area contributed by atoms with Crippen LogP contribution >= 0.6 is 27.5 Å². The first-order valence-electron chi connectivity index (χ1n) is 10.8. The van der Waals surface area contributed by atoms with Crippen molar-refractivity contribution in [2.75, 3.05) is 6.54 Å². The fourth-order valence-electron chi connectivity index (χ4n) is 3.34. The average Bonchev–Trinajstić information content (AvgIpc) is 2.88. The Morgan fingerprint density at radius 2 is 1.69 bits per heavy atom. The lowest BCUT2D eigenvalue weighted by molar-refractivity contribution is -0.120. The second kappa shape index (κ2) is 11.6. The molecule has 7 nitrogen and oxygen atoms in total. The summed E-state index contributed by atoms with van der Waals surface area (Å²) < 4.78 is 6.38. The van der Waals surface area contributed by atoms with Crippen molar-refractivity contribution in [1.82, 2.24) is 10.7 Å². The molecular weight excluding hydrogens is 546 g/mol. The number of esters is 1. The Balaban J connectivity index is 1.47. The topological polar surface area (TPSA) is 96.9 Å². The number of ether oxygens (including phenoxy) is 1. The highest BCUT2D eigenvalue weighted by Crippen LogP contribution is 2.27. The van der Waals surface area contributed by atoms with Crippen LogP contribution < -0.4 is 15.5 Å². The van der Waals surface area contributed by atoms with E-state index < -0.39 is 11.9 Å². The van der Waals surface area contributed by atoms with Gasteiger partial charge >= 0.3 is 5.97 Å². The molecule has 0 aliphatic carbocycles. The van der Waals surface area contributed by atoms with Gasteiger partial charge in [0.1, 0.15) is 5.75 Å². The van der Waals surface area contributed by atoms with Crippen molar-refractivity contribution in [3.05, 3.63) is 111 Å². The van der Waals surface area contributed by atoms with Crippen LogP contribution in [0, 0.1) is 0 Å². The van der Waals surface area contributed by atoms with Crippen LogP contribution in [0.2, 0.25) is 5.02 Å². The molecule has 0 saturated heterocycles. The van der Waals surface area contributed by atoms with Gasteiger partial charge in [-0.25, -0.2) is 10.2 Å². The van der Waals surface area contributed by atoms with Crippen LogP contribution in [0.5, 0.6) is 5.75 Å². The van der Waals surface area contributed by atoms with Gasteiger partial charge in [0.25, 0.3) is 11.8 Å². The Hall–Kier alpha value is -4.01. The van der Waals surface area contributed by atoms with Crippen molar-refractivity contribution in [3.63, 3.8) is 0 Å². The summed E-state index contributed by atoms with van der Waals surface area (Å²) >= 11 is 9.20. The fraction of sp³-hybridized carbons (Fsp3) is 0.0370. The number of benzene rings is 4. The van der Waals surface area contributed by atoms with Crippen LogP contribution in [0.4, 0.5) is 0 Å². The van der Waals surface area contributed by atoms with Gasteiger partial charge in [0.05, 0.1) is 18.3 Å². The zero-order valence-corrected chi connectivity index (χ0v) is 21.0. The number of hydrogen-bond acceptors (Lipinski definition) is 5. The lowest BCUT2D eigenvalue weighted by Crippen LogP contribution is -2.34. The molecule has 2 N–H and O–H groups in total. The summed E-state index contributed by atoms with van der Waals surface area (Å²) in [5.74, 6) is -1.19. The number of hydrazone groups is 1. The minimum Gasteiger partial charge on any atom is -0.422 e. The monoisotopic (exact) mass is 563 g/mol. The highest BCUT2D eigenvalue weighted by Gasteiger charge is 2.14. The molecule has 0 saturated carbocycles. The zero-order chi connectivity index (χ0) is 25.5. The molecule has 0 radical (unpaired) electrons. The van der Waals surface area contributed by atoms with Crippen molar-refractivity contribution in [1.29, 1.82) is 0 Å². The number of amides is 2. The van der Waals surface area contributed by atoms with Crippen LogP contribution in [0.25, 0.3) is 10.8 Å². The van der Waals surface area contributed by atoms with E-state index in [-0.39, 0.29) is 18.2 Å². The van der Waals surface area contributed by atoms with E-state index in [9.17, 15) is 14.4 Å². The summed E-state index contributed by atoms with van der Waals surface area (Å²) in [6.45, 7) is -0.267. The van der Waals surface area contributed by atoms with Crippen LogP contribution in [0.1, 0.15) is 26.3 Å². The standard InChI is InChI=1S/C27H19BrClN3O4/c28-20-6-3-5-19(14-20)26(34)30-16-25(33)32-31-15-23-22-7-2-1-4-17(22)10-13-24(23)36-27(35)18-8-11-21(29)12-9-18/h1-15H,16H2,(H,30,34)(H,32,33)/b31-15+. The first-order chi connectivity index (χ1) is 17.4. The molecule has 0 aliphatic heterocycles. The van der Waals surface area contributed by atoms with E-state index in [1.54, 1.807) is 54.6 Å². The van der Waals surface area contributed by atoms with E-state index in [0.717, 1.165) is 15.2 Å². The number of carbonyl (C=O) groups is 3. The lowest BCUT2D eigenvalue weighted by Gasteiger charge is -2.11. The Morgan fingerprint density at radius 3 is 2.47 bits per heavy atom. The molecule has 4 aromatic rings. The molecular formula is C27H19BrClN3O4. The Labute approximate surface area is 220 Å². The Kier molecular flexibility index (Phi) is 8.10. The first kappa shape index (κ1) is 25.1. The third kappa shape index (κ3) is 6.35. The second-order valence-electron chi connectivity index (χ2n) is 7.58. The predicted octanol–water partition coefficient (Wildman–Crippen LogP) is 5.36. The molecule has 0 spiro atoms. The number of rotatable bonds is 7. The van der Waals surface area contributed by atoms with E-state index >= 15 is 0 Å². The maximum atomic E-state index is 12.7. The first-order valence-corrected chi connectivity index (χ1v) is 11.9. The Morgan fingerprint density at radius 1 is 0.917 bits per heavy atom. The number of halogens is 2. The molecule has 0 fully saturated rings. The predicted molar refractivity (Wildman–Crippen MR) is 143 cm³/mol. The number of carbonyl (C=O) groups excluding carboxylic acids is 3. The van der Waals surface area contributed by atoms with Crippen molar-refractivity contribution < 1.29 is 19.1 Å². The van der Waals surface area contributed by atoms with Crippen molar-refractivity contribution in [3.8, 4) is 5.75 Å². The lowest BCUT2D eigenvalue weighted by atomic mass is 10.0. The highest BCUT2D eigenvalue weighted by atomic mass is 79.9. The van der Waals surface area contributed by atoms with Crippen LogP contribution in [-0.2, 0) is 4.79 Å². The summed E-state index contributed by atoms with van der Waals surface area (Å²) in [4.78, 5) is 37.1. The van der Waals surface area contributed by atoms with Crippen LogP contribution in [-0.4, -0.2) is 30.5 Å². The number of hydrogen-bond donors (Lipinski definition) is 2. The third-order valence-corrected chi connectivity index (χ3v) is 5.84. The van der Waals surface area contributed by atoms with Crippen LogP contribution in [0.15, 0.2) is 94.5 Å². The van der Waals surface area contributed by atoms with Gasteiger partial charge in [-0.1, -0.05) is 63.9 Å². The maximum Gasteiger partial charge on any atom is 0.343 e. The second-order valence-corrected chi connectivity index (χ2v) is 8.93. The number of nitrogens with zero attached hydrogens (tertiary/aromatic N) is 1. The largest absolute Gasteiger partial charge is 0.422 e. The van der Waals surface area contributed by atoms with E-state index in [1.807, 2.05) is 30.3 Å². The van der Waals surface area contributed by atoms with Gasteiger partial charge in [-0.2, -0.15) is 5.10 Å². The van der Waals surface area contributed by atoms with Crippen molar-refractivity contribution in [2.45, 2.75) is 0 Å². The maximum absolute atomic E-state index is 12.7. The molecule has 0 atom stereocenters. The summed E-state index contributed by atoms with van der Waals surface area (Å²) in [6, 6.07) is 24.2. The van der Waals surface area contributed by atoms with E-state index in [0.29, 0.717) is 21.7 Å². The smallest absolute Gasteiger partial charge is 0.343 e. The fourth-order valence-corrected chi connectivity index (χ4v) is 3.87. The molecule has 0 unspecified atom stereocenters. The number of nitrogens with one attached hydrogen (secondary N) is 2. The zero-order valence-electron chi connectivity index (χ0n) is 18.7. The molecule has 0 aromatic heterocycles. The molecule has 0 bridgehead atoms. The number of fused-ring (bicyclic) bond motifs is 1. The highest BCUT2D eigenvalue weighted by molar-refractivity contribution is 9.10. The van der Waals surface area contributed by atoms with Gasteiger partial charge in [-0.15, -0.1) is 0 Å². The van der Waals surface area contributed by atoms with Gasteiger partial charge in [-0.05, 0) is 59.3 Å². The summed E-state index contributed by atoms with van der Waals surface area (Å²) in [5, 5.41) is 8.74. The van der Waals surface area contributed by atoms with Gasteiger partial charge < -0.3 is 10.1 Å². The molecule has 4 rings (SSSR count). The van der Waals surface area contributed by atoms with E-state index in [2.05, 4.69) is 31.8 Å². The average molecular weight is 565 g/mol. The quantitative estimate of drug-likeness (QED) is 0.137. The molecule has 180 valence electrons. The van der Waals surface area contributed by atoms with Gasteiger partial charge in [0, 0.05) is 20.6 Å². The molecule has 36 heavy (non-hydrogen) atoms. The SMILES string of the molecule is O=C(CNC(=O)c1cccc(Br)c1)N/N=C/c1c(OC(=O)c2ccc(Cl)cc2)ccc2ccccc12. The minimum absolute atomic E-state index is 0.267. The van der Waals surface area contributed by atoms with Gasteiger partial charge in [0.15, 0.2) is 0 Å².